The van der Waals surface area contributed by atoms with Crippen molar-refractivity contribution in [3.63, 3.8) is 0 Å². The van der Waals surface area contributed by atoms with Gasteiger partial charge in [-0.05, 0) is 103 Å². The minimum atomic E-state index is -2.92. The molecule has 0 radical (unpaired) electrons. The highest BCUT2D eigenvalue weighted by molar-refractivity contribution is 6.24. The number of hydrogen-bond acceptors (Lipinski definition) is 3. The van der Waals surface area contributed by atoms with E-state index in [2.05, 4.69) is 111 Å². The zero-order valence-corrected chi connectivity index (χ0v) is 53.9. The van der Waals surface area contributed by atoms with E-state index in [-0.39, 0.29) is 4.70 Å². The summed E-state index contributed by atoms with van der Waals surface area (Å²) >= 11 is 0. The van der Waals surface area contributed by atoms with Crippen LogP contribution in [0.2, 0.25) is 0 Å². The summed E-state index contributed by atoms with van der Waals surface area (Å²) in [5.74, 6) is 0. The first kappa shape index (κ1) is 84.0. The van der Waals surface area contributed by atoms with E-state index < -0.39 is 7.32 Å². The average molecular weight is 1050 g/mol. The Kier molecular flexibility index (Phi) is 73.9. The molecule has 0 spiro atoms. The molecular weight excluding hydrogens is 903 g/mol. The van der Waals surface area contributed by atoms with Gasteiger partial charge in [-0.2, -0.15) is 0 Å². The zero-order chi connectivity index (χ0) is 55.5. The monoisotopic (exact) mass is 1050 g/mol. The van der Waals surface area contributed by atoms with E-state index >= 15 is 0 Å². The standard InChI is InChI=1S/4C16H36N.BO3.FH/c4*1-5-9-13-17(14-10-6-2,15-11-7-3)16-12-8-4;2-1(3)4;/h4*5-16H2,1-4H3;;1H/q4*+1;-3;/p-1. The lowest BCUT2D eigenvalue weighted by atomic mass is 10.1. The number of rotatable bonds is 48. The van der Waals surface area contributed by atoms with Crippen LogP contribution in [0.1, 0.15) is 316 Å². The van der Waals surface area contributed by atoms with E-state index in [4.69, 9.17) is 15.1 Å². The molecule has 0 aromatic heterocycles. The van der Waals surface area contributed by atoms with Crippen molar-refractivity contribution in [3.05, 3.63) is 0 Å². The van der Waals surface area contributed by atoms with Gasteiger partial charge in [-0.1, -0.05) is 214 Å². The molecule has 73 heavy (non-hydrogen) atoms. The highest BCUT2D eigenvalue weighted by Crippen LogP contribution is 2.20. The van der Waals surface area contributed by atoms with Gasteiger partial charge in [-0.25, -0.2) is 0 Å². The maximum atomic E-state index is 8.42. The minimum Gasteiger partial charge on any atom is -1.00 e. The summed E-state index contributed by atoms with van der Waals surface area (Å²) in [4.78, 5) is 0. The van der Waals surface area contributed by atoms with Crippen LogP contribution in [-0.2, 0) is 0 Å². The molecule has 0 N–H and O–H groups in total. The molecular formula is C64H144BFN4O3. The summed E-state index contributed by atoms with van der Waals surface area (Å²) < 4.78 is 5.68. The van der Waals surface area contributed by atoms with Crippen LogP contribution in [0.5, 0.6) is 0 Å². The number of halogens is 1. The SMILES string of the molecule is CCCC[N+](CCCC)(CCCC)CCCC.CCCC[N+](CCCC)(CCCC)CCCC.CCCC[N+](CCCC)(CCCC)CCCC.CCCC[N+](CCCC)(CCCC)CCCC.[F-].[O-]B([O-])[O-]. The summed E-state index contributed by atoms with van der Waals surface area (Å²) in [6.45, 7) is 60.1. The smallest absolute Gasteiger partial charge is 0.0786 e. The molecule has 0 aromatic carbocycles. The molecule has 0 saturated heterocycles. The summed E-state index contributed by atoms with van der Waals surface area (Å²) in [7, 11) is -2.92. The first-order valence-corrected chi connectivity index (χ1v) is 33.1. The van der Waals surface area contributed by atoms with Gasteiger partial charge in [0.15, 0.2) is 0 Å². The van der Waals surface area contributed by atoms with Crippen molar-refractivity contribution in [1.82, 2.24) is 0 Å². The Labute approximate surface area is 464 Å². The number of hydrogen-bond donors (Lipinski definition) is 0. The maximum Gasteiger partial charge on any atom is 0.0786 e. The van der Waals surface area contributed by atoms with E-state index in [1.807, 2.05) is 0 Å². The van der Waals surface area contributed by atoms with Gasteiger partial charge in [0.25, 0.3) is 0 Å². The number of unbranched alkanes of at least 4 members (excludes halogenated alkanes) is 16. The Morgan fingerprint density at radius 2 is 0.233 bits per heavy atom. The summed E-state index contributed by atoms with van der Waals surface area (Å²) in [5.41, 5.74) is 0. The van der Waals surface area contributed by atoms with Crippen molar-refractivity contribution in [3.8, 4) is 0 Å². The molecule has 0 heterocycles. The Hall–Kier alpha value is -0.285. The third kappa shape index (κ3) is 54.9. The Morgan fingerprint density at radius 1 is 0.178 bits per heavy atom. The lowest BCUT2D eigenvalue weighted by Gasteiger charge is -2.39. The van der Waals surface area contributed by atoms with Crippen molar-refractivity contribution in [2.75, 3.05) is 105 Å². The molecule has 0 aromatic rings. The first-order chi connectivity index (χ1) is 34.7. The van der Waals surface area contributed by atoms with E-state index in [0.717, 1.165) is 0 Å². The largest absolute Gasteiger partial charge is 1.00 e. The zero-order valence-electron chi connectivity index (χ0n) is 53.9. The molecule has 0 bridgehead atoms. The van der Waals surface area contributed by atoms with Gasteiger partial charge >= 0.3 is 0 Å². The Morgan fingerprint density at radius 3 is 0.274 bits per heavy atom. The van der Waals surface area contributed by atoms with Gasteiger partial charge < -0.3 is 37.7 Å². The van der Waals surface area contributed by atoms with Crippen LogP contribution < -0.4 is 19.8 Å². The van der Waals surface area contributed by atoms with Crippen LogP contribution >= 0.6 is 0 Å². The van der Waals surface area contributed by atoms with Gasteiger partial charge in [0.05, 0.1) is 105 Å². The molecule has 0 fully saturated rings. The number of quaternary nitrogens is 4. The second-order valence-electron chi connectivity index (χ2n) is 22.9. The van der Waals surface area contributed by atoms with E-state index in [1.54, 1.807) is 0 Å². The molecule has 0 unspecified atom stereocenters. The van der Waals surface area contributed by atoms with Crippen molar-refractivity contribution < 1.29 is 37.7 Å². The molecule has 0 saturated carbocycles. The van der Waals surface area contributed by atoms with E-state index in [9.17, 15) is 0 Å². The van der Waals surface area contributed by atoms with Crippen LogP contribution in [0.25, 0.3) is 0 Å². The second kappa shape index (κ2) is 64.2. The molecule has 7 nitrogen and oxygen atoms in total. The van der Waals surface area contributed by atoms with Gasteiger partial charge in [0.2, 0.25) is 0 Å². The average Bonchev–Trinajstić information content (AvgIpc) is 3.39. The van der Waals surface area contributed by atoms with Crippen molar-refractivity contribution >= 4 is 7.32 Å². The van der Waals surface area contributed by atoms with Crippen LogP contribution in [0.4, 0.5) is 0 Å². The molecule has 0 atom stereocenters. The molecule has 0 aliphatic rings. The maximum absolute atomic E-state index is 8.42. The van der Waals surface area contributed by atoms with Crippen molar-refractivity contribution in [1.29, 1.82) is 0 Å². The fourth-order valence-electron chi connectivity index (χ4n) is 10.6. The predicted octanol–water partition coefficient (Wildman–Crippen LogP) is 13.1. The quantitative estimate of drug-likeness (QED) is 0.0450. The molecule has 0 amide bonds. The predicted molar refractivity (Wildman–Crippen MR) is 323 cm³/mol. The lowest BCUT2D eigenvalue weighted by molar-refractivity contribution is -0.929. The summed E-state index contributed by atoms with van der Waals surface area (Å²) in [6.07, 6.45) is 44.2. The lowest BCUT2D eigenvalue weighted by Crippen LogP contribution is -3.00. The summed E-state index contributed by atoms with van der Waals surface area (Å²) in [6, 6.07) is 0. The topological polar surface area (TPSA) is 69.2 Å². The van der Waals surface area contributed by atoms with Gasteiger partial charge in [-0.15, -0.1) is 0 Å². The van der Waals surface area contributed by atoms with Crippen LogP contribution in [0.3, 0.4) is 0 Å². The fraction of sp³-hybridized carbons (Fsp3) is 1.00. The van der Waals surface area contributed by atoms with E-state index in [0.29, 0.717) is 0 Å². The third-order valence-electron chi connectivity index (χ3n) is 15.8. The Balaban J connectivity index is -0.000000199. The van der Waals surface area contributed by atoms with Crippen molar-refractivity contribution in [2.24, 2.45) is 0 Å². The molecule has 0 aliphatic heterocycles. The normalized spacial score (nSPS) is 11.5. The van der Waals surface area contributed by atoms with Crippen LogP contribution in [0.15, 0.2) is 0 Å². The highest BCUT2D eigenvalue weighted by atomic mass is 19.0. The van der Waals surface area contributed by atoms with Gasteiger partial charge in [0.1, 0.15) is 0 Å². The van der Waals surface area contributed by atoms with Crippen LogP contribution in [-0.4, -0.2) is 130 Å². The van der Waals surface area contributed by atoms with Crippen LogP contribution in [0, 0.1) is 0 Å². The molecule has 448 valence electrons. The molecule has 9 heteroatoms. The second-order valence-corrected chi connectivity index (χ2v) is 22.9. The Bertz CT molecular complexity index is 683. The van der Waals surface area contributed by atoms with Gasteiger partial charge in [-0.3, -0.25) is 7.32 Å². The third-order valence-corrected chi connectivity index (χ3v) is 15.8. The van der Waals surface area contributed by atoms with Gasteiger partial charge in [0, 0.05) is 0 Å². The summed E-state index contributed by atoms with van der Waals surface area (Å²) in [5, 5.41) is 25.2. The highest BCUT2D eigenvalue weighted by Gasteiger charge is 2.28. The molecule has 0 rings (SSSR count). The number of nitrogens with zero attached hydrogens (tertiary/aromatic N) is 4. The van der Waals surface area contributed by atoms with E-state index in [1.165, 1.54) is 328 Å². The minimum absolute atomic E-state index is 0. The van der Waals surface area contributed by atoms with Crippen molar-refractivity contribution in [2.45, 2.75) is 316 Å². The first-order valence-electron chi connectivity index (χ1n) is 33.1. The molecule has 0 aliphatic carbocycles. The fourth-order valence-corrected chi connectivity index (χ4v) is 10.6.